The number of nitrogens with zero attached hydrogens (tertiary/aromatic N) is 2. The Kier molecular flexibility index (Phi) is 6.69. The van der Waals surface area contributed by atoms with Crippen molar-refractivity contribution in [3.63, 3.8) is 0 Å². The molecule has 4 aromatic carbocycles. The van der Waals surface area contributed by atoms with Crippen LogP contribution < -0.4 is 0 Å². The summed E-state index contributed by atoms with van der Waals surface area (Å²) in [6, 6.07) is 29.9. The number of aromatic hydroxyl groups is 1. The number of hydrogen-bond donors (Lipinski definition) is 1. The largest absolute Gasteiger partial charge is 0.507 e. The van der Waals surface area contributed by atoms with Crippen LogP contribution in [0.3, 0.4) is 0 Å². The van der Waals surface area contributed by atoms with Crippen molar-refractivity contribution in [3.05, 3.63) is 102 Å². The van der Waals surface area contributed by atoms with Crippen LogP contribution in [0.1, 0.15) is 79.0 Å². The summed E-state index contributed by atoms with van der Waals surface area (Å²) in [5.74, 6) is 1.05. The highest BCUT2D eigenvalue weighted by atomic mass is 16.3. The summed E-state index contributed by atoms with van der Waals surface area (Å²) >= 11 is 0. The quantitative estimate of drug-likeness (QED) is 0.252. The lowest BCUT2D eigenvalue weighted by Crippen LogP contribution is -2.17. The zero-order valence-electron chi connectivity index (χ0n) is 25.4. The normalized spacial score (nSPS) is 12.7. The number of benzene rings is 4. The summed E-state index contributed by atoms with van der Waals surface area (Å²) < 4.78 is 2.25. The molecule has 0 amide bonds. The van der Waals surface area contributed by atoms with Gasteiger partial charge in [0.05, 0.1) is 22.3 Å². The molecule has 0 aliphatic heterocycles. The molecule has 0 saturated heterocycles. The lowest BCUT2D eigenvalue weighted by atomic mass is 9.79. The SMILES string of the molecule is CC(C)(C)c1ccc(-c2ccccc2)c(-n2c(-c3cc(C(C)(C)C)cc(C(C)(C)C)c3O)nc3ccccc32)c1. The van der Waals surface area contributed by atoms with Crippen LogP contribution in [0.25, 0.3) is 39.2 Å². The van der Waals surface area contributed by atoms with Gasteiger partial charge in [0.1, 0.15) is 11.6 Å². The lowest BCUT2D eigenvalue weighted by Gasteiger charge is -2.28. The Bertz CT molecular complexity index is 1690. The third-order valence-electron chi connectivity index (χ3n) is 7.78. The fourth-order valence-electron chi connectivity index (χ4n) is 5.31. The Balaban J connectivity index is 1.94. The van der Waals surface area contributed by atoms with Gasteiger partial charge in [-0.1, -0.05) is 123 Å². The molecule has 1 heterocycles. The Hall–Kier alpha value is -3.85. The van der Waals surface area contributed by atoms with E-state index in [9.17, 15) is 5.11 Å². The molecule has 0 bridgehead atoms. The van der Waals surface area contributed by atoms with E-state index in [4.69, 9.17) is 4.98 Å². The number of phenolic OH excluding ortho intramolecular Hbond substituents is 1. The molecule has 0 unspecified atom stereocenters. The average molecular weight is 531 g/mol. The first-order valence-electron chi connectivity index (χ1n) is 14.2. The Labute approximate surface area is 239 Å². The first-order valence-corrected chi connectivity index (χ1v) is 14.2. The van der Waals surface area contributed by atoms with E-state index in [1.807, 2.05) is 6.07 Å². The van der Waals surface area contributed by atoms with Crippen molar-refractivity contribution in [1.82, 2.24) is 9.55 Å². The summed E-state index contributed by atoms with van der Waals surface area (Å²) in [6.07, 6.45) is 0. The molecule has 5 aromatic rings. The van der Waals surface area contributed by atoms with Crippen LogP contribution in [-0.4, -0.2) is 14.7 Å². The maximum absolute atomic E-state index is 11.9. The average Bonchev–Trinajstić information content (AvgIpc) is 3.26. The maximum Gasteiger partial charge on any atom is 0.149 e. The summed E-state index contributed by atoms with van der Waals surface area (Å²) in [5, 5.41) is 11.9. The molecule has 0 aliphatic rings. The maximum atomic E-state index is 11.9. The molecule has 1 N–H and O–H groups in total. The van der Waals surface area contributed by atoms with E-state index in [-0.39, 0.29) is 16.2 Å². The highest BCUT2D eigenvalue weighted by molar-refractivity contribution is 5.88. The molecule has 0 fully saturated rings. The van der Waals surface area contributed by atoms with Crippen LogP contribution in [0.5, 0.6) is 5.75 Å². The molecule has 3 heteroatoms. The molecule has 1 aromatic heterocycles. The number of para-hydroxylation sites is 2. The zero-order valence-corrected chi connectivity index (χ0v) is 25.4. The third-order valence-corrected chi connectivity index (χ3v) is 7.78. The molecule has 0 radical (unpaired) electrons. The van der Waals surface area contributed by atoms with Crippen molar-refractivity contribution in [1.29, 1.82) is 0 Å². The van der Waals surface area contributed by atoms with Crippen molar-refractivity contribution in [3.8, 4) is 34.0 Å². The van der Waals surface area contributed by atoms with Gasteiger partial charge in [-0.25, -0.2) is 4.98 Å². The Morgan fingerprint density at radius 1 is 0.600 bits per heavy atom. The number of aromatic nitrogens is 2. The van der Waals surface area contributed by atoms with Gasteiger partial charge in [0.15, 0.2) is 0 Å². The second-order valence-electron chi connectivity index (χ2n) is 14.0. The smallest absolute Gasteiger partial charge is 0.149 e. The van der Waals surface area contributed by atoms with Gasteiger partial charge in [-0.05, 0) is 57.2 Å². The molecular formula is C37H42N2O. The first kappa shape index (κ1) is 27.7. The topological polar surface area (TPSA) is 38.0 Å². The number of fused-ring (bicyclic) bond motifs is 1. The van der Waals surface area contributed by atoms with E-state index in [2.05, 4.69) is 146 Å². The van der Waals surface area contributed by atoms with Crippen molar-refractivity contribution < 1.29 is 5.11 Å². The minimum Gasteiger partial charge on any atom is -0.507 e. The second kappa shape index (κ2) is 9.66. The molecule has 0 spiro atoms. The van der Waals surface area contributed by atoms with Gasteiger partial charge in [0.25, 0.3) is 0 Å². The van der Waals surface area contributed by atoms with Crippen LogP contribution in [0, 0.1) is 0 Å². The van der Waals surface area contributed by atoms with Gasteiger partial charge in [0, 0.05) is 11.1 Å². The van der Waals surface area contributed by atoms with Gasteiger partial charge < -0.3 is 5.11 Å². The minimum absolute atomic E-state index is 0.0335. The predicted molar refractivity (Wildman–Crippen MR) is 170 cm³/mol. The molecule has 0 atom stereocenters. The fraction of sp³-hybridized carbons (Fsp3) is 0.324. The molecule has 5 rings (SSSR count). The lowest BCUT2D eigenvalue weighted by molar-refractivity contribution is 0.446. The van der Waals surface area contributed by atoms with E-state index in [1.54, 1.807) is 0 Å². The molecule has 40 heavy (non-hydrogen) atoms. The molecule has 206 valence electrons. The van der Waals surface area contributed by atoms with Crippen molar-refractivity contribution in [2.24, 2.45) is 0 Å². The molecule has 0 aliphatic carbocycles. The number of imidazole rings is 1. The summed E-state index contributed by atoms with van der Waals surface area (Å²) in [7, 11) is 0. The van der Waals surface area contributed by atoms with Gasteiger partial charge >= 0.3 is 0 Å². The van der Waals surface area contributed by atoms with Crippen molar-refractivity contribution in [2.75, 3.05) is 0 Å². The number of phenols is 1. The standard InChI is InChI=1S/C37H42N2O/c1-35(2,3)25-19-20-27(24-15-11-10-12-16-24)32(23-25)39-31-18-14-13-17-30(31)38-34(39)28-21-26(36(4,5)6)22-29(33(28)40)37(7,8)9/h10-23,40H,1-9H3. The predicted octanol–water partition coefficient (Wildman–Crippen LogP) is 9.96. The van der Waals surface area contributed by atoms with Crippen LogP contribution in [0.2, 0.25) is 0 Å². The van der Waals surface area contributed by atoms with Crippen LogP contribution in [-0.2, 0) is 16.2 Å². The Morgan fingerprint density at radius 3 is 1.85 bits per heavy atom. The van der Waals surface area contributed by atoms with Gasteiger partial charge in [-0.2, -0.15) is 0 Å². The minimum atomic E-state index is -0.238. The number of hydrogen-bond acceptors (Lipinski definition) is 2. The van der Waals surface area contributed by atoms with Crippen LogP contribution >= 0.6 is 0 Å². The van der Waals surface area contributed by atoms with Crippen molar-refractivity contribution in [2.45, 2.75) is 78.6 Å². The molecular weight excluding hydrogens is 488 g/mol. The third kappa shape index (κ3) is 5.06. The van der Waals surface area contributed by atoms with Crippen LogP contribution in [0.15, 0.2) is 84.9 Å². The van der Waals surface area contributed by atoms with E-state index < -0.39 is 0 Å². The monoisotopic (exact) mass is 530 g/mol. The highest BCUT2D eigenvalue weighted by Crippen LogP contribution is 2.44. The molecule has 0 saturated carbocycles. The number of rotatable bonds is 3. The van der Waals surface area contributed by atoms with Gasteiger partial charge in [-0.15, -0.1) is 0 Å². The van der Waals surface area contributed by atoms with E-state index in [0.29, 0.717) is 5.75 Å². The highest BCUT2D eigenvalue weighted by Gasteiger charge is 2.29. The molecule has 3 nitrogen and oxygen atoms in total. The van der Waals surface area contributed by atoms with Gasteiger partial charge in [-0.3, -0.25) is 4.57 Å². The van der Waals surface area contributed by atoms with Gasteiger partial charge in [0.2, 0.25) is 0 Å². The summed E-state index contributed by atoms with van der Waals surface area (Å²) in [4.78, 5) is 5.20. The van der Waals surface area contributed by atoms with Crippen LogP contribution in [0.4, 0.5) is 0 Å². The van der Waals surface area contributed by atoms with E-state index in [0.717, 1.165) is 44.8 Å². The first-order chi connectivity index (χ1) is 18.7. The second-order valence-corrected chi connectivity index (χ2v) is 14.0. The Morgan fingerprint density at radius 2 is 1.23 bits per heavy atom. The zero-order chi connectivity index (χ0) is 29.0. The summed E-state index contributed by atoms with van der Waals surface area (Å²) in [5.41, 5.74) is 8.98. The van der Waals surface area contributed by atoms with E-state index >= 15 is 0 Å². The van der Waals surface area contributed by atoms with E-state index in [1.165, 1.54) is 11.1 Å². The van der Waals surface area contributed by atoms with Crippen molar-refractivity contribution >= 4 is 11.0 Å². The summed E-state index contributed by atoms with van der Waals surface area (Å²) in [6.45, 7) is 19.9. The fourth-order valence-corrected chi connectivity index (χ4v) is 5.31.